The molecule has 1 aromatic heterocycles. The van der Waals surface area contributed by atoms with Crippen molar-refractivity contribution in [1.82, 2.24) is 9.88 Å². The van der Waals surface area contributed by atoms with E-state index in [0.717, 1.165) is 17.3 Å². The van der Waals surface area contributed by atoms with Gasteiger partial charge in [0, 0.05) is 30.3 Å². The average molecular weight is 425 g/mol. The van der Waals surface area contributed by atoms with E-state index in [4.69, 9.17) is 23.2 Å². The van der Waals surface area contributed by atoms with Gasteiger partial charge in [-0.25, -0.2) is 9.37 Å². The minimum Gasteiger partial charge on any atom is -0.387 e. The number of pyridine rings is 1. The van der Waals surface area contributed by atoms with Gasteiger partial charge in [0.15, 0.2) is 0 Å². The number of nitrogens with zero attached hydrogens (tertiary/aromatic N) is 2. The summed E-state index contributed by atoms with van der Waals surface area (Å²) >= 11 is 11.8. The van der Waals surface area contributed by atoms with Crippen LogP contribution < -0.4 is 10.6 Å². The van der Waals surface area contributed by atoms with Crippen LogP contribution in [0.2, 0.25) is 10.0 Å². The average Bonchev–Trinajstić information content (AvgIpc) is 2.62. The molecule has 9 heteroatoms. The third kappa shape index (κ3) is 2.27. The topological polar surface area (TPSA) is 57.3 Å². The van der Waals surface area contributed by atoms with Crippen molar-refractivity contribution in [1.29, 1.82) is 0 Å². The molecule has 0 radical (unpaired) electrons. The largest absolute Gasteiger partial charge is 0.387 e. The molecular formula is C19H16Cl2F2N4O. The van der Waals surface area contributed by atoms with E-state index >= 15 is 0 Å². The Balaban J connectivity index is 1.43. The van der Waals surface area contributed by atoms with E-state index in [9.17, 15) is 13.6 Å². The molecule has 5 nitrogen and oxygen atoms in total. The van der Waals surface area contributed by atoms with Crippen LogP contribution in [0, 0.1) is 11.8 Å². The number of halogens is 4. The Morgan fingerprint density at radius 3 is 2.75 bits per heavy atom. The molecule has 2 aromatic rings. The molecule has 2 N–H and O–H groups in total. The molecule has 3 atom stereocenters. The van der Waals surface area contributed by atoms with Crippen LogP contribution in [0.5, 0.6) is 0 Å². The first-order valence-electron chi connectivity index (χ1n) is 8.95. The van der Waals surface area contributed by atoms with Crippen LogP contribution >= 0.6 is 23.2 Å². The predicted octanol–water partition coefficient (Wildman–Crippen LogP) is 4.16. The number of amides is 1. The maximum atomic E-state index is 14.3. The van der Waals surface area contributed by atoms with Gasteiger partial charge in [-0.1, -0.05) is 23.2 Å². The quantitative estimate of drug-likeness (QED) is 0.573. The van der Waals surface area contributed by atoms with Crippen molar-refractivity contribution in [2.45, 2.75) is 36.9 Å². The molecule has 2 unspecified atom stereocenters. The number of fused-ring (bicyclic) bond motifs is 2. The lowest BCUT2D eigenvalue weighted by Gasteiger charge is -2.71. The van der Waals surface area contributed by atoms with Gasteiger partial charge in [-0.05, 0) is 31.4 Å². The lowest BCUT2D eigenvalue weighted by molar-refractivity contribution is -0.206. The van der Waals surface area contributed by atoms with Crippen LogP contribution in [-0.2, 0) is 11.2 Å². The second kappa shape index (κ2) is 6.02. The number of benzene rings is 1. The zero-order valence-corrected chi connectivity index (χ0v) is 16.3. The van der Waals surface area contributed by atoms with Crippen LogP contribution in [0.4, 0.5) is 20.2 Å². The lowest BCUT2D eigenvalue weighted by atomic mass is 9.58. The first-order chi connectivity index (χ1) is 13.4. The first kappa shape index (κ1) is 18.1. The number of hydrogen-bond donors (Lipinski definition) is 2. The number of carbonyl (C=O) groups is 1. The van der Waals surface area contributed by atoms with Crippen LogP contribution in [0.1, 0.15) is 30.0 Å². The summed E-state index contributed by atoms with van der Waals surface area (Å²) in [7, 11) is 1.77. The number of aromatic nitrogens is 1. The van der Waals surface area contributed by atoms with Gasteiger partial charge < -0.3 is 10.6 Å². The van der Waals surface area contributed by atoms with E-state index in [1.54, 1.807) is 7.05 Å². The van der Waals surface area contributed by atoms with Crippen LogP contribution in [-0.4, -0.2) is 34.4 Å². The fourth-order valence-corrected chi connectivity index (χ4v) is 5.32. The molecule has 1 amide bonds. The minimum atomic E-state index is -0.698. The molecule has 146 valence electrons. The summed E-state index contributed by atoms with van der Waals surface area (Å²) in [5.41, 5.74) is 1.58. The van der Waals surface area contributed by atoms with Gasteiger partial charge in [0.05, 0.1) is 27.6 Å². The highest BCUT2D eigenvalue weighted by molar-refractivity contribution is 6.42. The van der Waals surface area contributed by atoms with Crippen molar-refractivity contribution < 1.29 is 13.6 Å². The van der Waals surface area contributed by atoms with E-state index in [0.29, 0.717) is 24.8 Å². The monoisotopic (exact) mass is 424 g/mol. The van der Waals surface area contributed by atoms with Crippen molar-refractivity contribution in [3.63, 3.8) is 0 Å². The van der Waals surface area contributed by atoms with Gasteiger partial charge in [0.1, 0.15) is 11.4 Å². The first-order valence-corrected chi connectivity index (χ1v) is 9.71. The van der Waals surface area contributed by atoms with Crippen molar-refractivity contribution in [3.05, 3.63) is 51.3 Å². The highest BCUT2D eigenvalue weighted by Gasteiger charge is 2.69. The number of carbonyl (C=O) groups excluding carboxylic acids is 1. The Morgan fingerprint density at radius 2 is 2.00 bits per heavy atom. The fourth-order valence-electron chi connectivity index (χ4n) is 5.00. The standard InChI is InChI=1S/C19H16Cl2F2N4O/c1-24-14-7-25-17(23)9-2-8-5-19(6-15(16(9)14)27(8)19)18(28)26-13-4-11(21)10(20)3-12(13)22/h3-4,7-8,15,24H,2,5-6H2,1H3,(H,26,28)/t8?,15-,19?/m1/s1. The number of nitrogens with one attached hydrogen (secondary N) is 2. The SMILES string of the molecule is CNc1cnc(F)c2c1[C@H]1CC3(C(=O)Nc4cc(Cl)c(Cl)cc4F)CC(C2)N13. The zero-order valence-electron chi connectivity index (χ0n) is 14.8. The molecule has 3 aliphatic heterocycles. The molecule has 0 saturated carbocycles. The molecular weight excluding hydrogens is 409 g/mol. The second-order valence-electron chi connectivity index (χ2n) is 7.53. The molecule has 3 aliphatic rings. The highest BCUT2D eigenvalue weighted by Crippen LogP contribution is 2.63. The van der Waals surface area contributed by atoms with Gasteiger partial charge in [-0.3, -0.25) is 9.69 Å². The number of anilines is 2. The van der Waals surface area contributed by atoms with Crippen molar-refractivity contribution in [3.8, 4) is 0 Å². The Kier molecular flexibility index (Phi) is 3.89. The molecule has 28 heavy (non-hydrogen) atoms. The summed E-state index contributed by atoms with van der Waals surface area (Å²) in [4.78, 5) is 18.9. The third-order valence-electron chi connectivity index (χ3n) is 6.22. The van der Waals surface area contributed by atoms with Crippen LogP contribution in [0.3, 0.4) is 0 Å². The molecule has 4 heterocycles. The highest BCUT2D eigenvalue weighted by atomic mass is 35.5. The minimum absolute atomic E-state index is 0.00393. The van der Waals surface area contributed by atoms with Gasteiger partial charge in [0.25, 0.3) is 0 Å². The van der Waals surface area contributed by atoms with Crippen molar-refractivity contribution in [2.24, 2.45) is 0 Å². The van der Waals surface area contributed by atoms with Crippen molar-refractivity contribution >= 4 is 40.5 Å². The number of hydrogen-bond acceptors (Lipinski definition) is 4. The van der Waals surface area contributed by atoms with E-state index in [-0.39, 0.29) is 33.7 Å². The van der Waals surface area contributed by atoms with E-state index < -0.39 is 17.3 Å². The Morgan fingerprint density at radius 1 is 1.25 bits per heavy atom. The molecule has 0 aliphatic carbocycles. The lowest BCUT2D eigenvalue weighted by Crippen LogP contribution is -2.81. The maximum absolute atomic E-state index is 14.3. The fraction of sp³-hybridized carbons (Fsp3) is 0.368. The molecule has 1 aromatic carbocycles. The zero-order chi connectivity index (χ0) is 19.8. The van der Waals surface area contributed by atoms with Crippen LogP contribution in [0.15, 0.2) is 18.3 Å². The Hall–Kier alpha value is -1.96. The van der Waals surface area contributed by atoms with Crippen LogP contribution in [0.25, 0.3) is 0 Å². The Bertz CT molecular complexity index is 1030. The predicted molar refractivity (Wildman–Crippen MR) is 103 cm³/mol. The molecule has 2 fully saturated rings. The summed E-state index contributed by atoms with van der Waals surface area (Å²) in [6.07, 6.45) is 3.14. The number of piperidine rings is 1. The smallest absolute Gasteiger partial charge is 0.245 e. The molecule has 5 rings (SSSR count). The Labute approximate surface area is 170 Å². The van der Waals surface area contributed by atoms with E-state index in [2.05, 4.69) is 20.5 Å². The summed E-state index contributed by atoms with van der Waals surface area (Å²) in [5, 5.41) is 5.98. The summed E-state index contributed by atoms with van der Waals surface area (Å²) < 4.78 is 28.4. The number of rotatable bonds is 3. The maximum Gasteiger partial charge on any atom is 0.245 e. The normalized spacial score (nSPS) is 27.2. The summed E-state index contributed by atoms with van der Waals surface area (Å²) in [6.45, 7) is 0. The second-order valence-corrected chi connectivity index (χ2v) is 8.34. The van der Waals surface area contributed by atoms with E-state index in [1.165, 1.54) is 12.3 Å². The summed E-state index contributed by atoms with van der Waals surface area (Å²) in [5.74, 6) is -1.36. The third-order valence-corrected chi connectivity index (χ3v) is 6.94. The van der Waals surface area contributed by atoms with Crippen molar-refractivity contribution in [2.75, 3.05) is 17.7 Å². The van der Waals surface area contributed by atoms with Gasteiger partial charge in [0.2, 0.25) is 11.9 Å². The summed E-state index contributed by atoms with van der Waals surface area (Å²) in [6, 6.07) is 2.42. The van der Waals surface area contributed by atoms with E-state index in [1.807, 2.05) is 0 Å². The molecule has 2 saturated heterocycles. The molecule has 0 spiro atoms. The van der Waals surface area contributed by atoms with Gasteiger partial charge >= 0.3 is 0 Å². The van der Waals surface area contributed by atoms with Gasteiger partial charge in [-0.15, -0.1) is 0 Å². The molecule has 0 bridgehead atoms. The van der Waals surface area contributed by atoms with Gasteiger partial charge in [-0.2, -0.15) is 4.39 Å².